The van der Waals surface area contributed by atoms with Crippen LogP contribution in [0.3, 0.4) is 0 Å². The number of aromatic carboxylic acids is 1. The van der Waals surface area contributed by atoms with Crippen LogP contribution in [0.5, 0.6) is 5.75 Å². The number of methoxy groups -OCH3 is 1. The summed E-state index contributed by atoms with van der Waals surface area (Å²) in [6, 6.07) is 12.6. The molecule has 0 amide bonds. The minimum Gasteiger partial charge on any atom is -0.497 e. The van der Waals surface area contributed by atoms with Crippen LogP contribution in [0.4, 0.5) is 5.69 Å². The van der Waals surface area contributed by atoms with E-state index in [4.69, 9.17) is 4.74 Å². The van der Waals surface area contributed by atoms with E-state index < -0.39 is 5.97 Å². The number of rotatable bonds is 5. The van der Waals surface area contributed by atoms with Gasteiger partial charge >= 0.3 is 5.97 Å². The molecule has 2 N–H and O–H groups in total. The normalized spacial score (nSPS) is 10.1. The molecule has 20 heavy (non-hydrogen) atoms. The Bertz CT molecular complexity index is 628. The molecule has 2 aromatic rings. The zero-order valence-electron chi connectivity index (χ0n) is 10.9. The lowest BCUT2D eigenvalue weighted by Crippen LogP contribution is -2.07. The van der Waals surface area contributed by atoms with E-state index >= 15 is 0 Å². The van der Waals surface area contributed by atoms with E-state index in [1.807, 2.05) is 24.3 Å². The van der Waals surface area contributed by atoms with Crippen molar-refractivity contribution in [3.8, 4) is 5.75 Å². The van der Waals surface area contributed by atoms with Crippen molar-refractivity contribution in [1.29, 1.82) is 0 Å². The Balaban J connectivity index is 2.24. The first-order valence-corrected chi connectivity index (χ1v) is 6.79. The molecule has 0 aliphatic carbocycles. The number of hydrogen-bond donors (Lipinski definition) is 2. The summed E-state index contributed by atoms with van der Waals surface area (Å²) in [5.41, 5.74) is 1.80. The highest BCUT2D eigenvalue weighted by Gasteiger charge is 2.11. The van der Waals surface area contributed by atoms with Gasteiger partial charge in [-0.05, 0) is 23.8 Å². The molecular weight excluding hydrogens is 322 g/mol. The lowest BCUT2D eigenvalue weighted by Gasteiger charge is -2.12. The maximum atomic E-state index is 11.2. The summed E-state index contributed by atoms with van der Waals surface area (Å²) in [5, 5.41) is 12.3. The van der Waals surface area contributed by atoms with Gasteiger partial charge in [0, 0.05) is 17.1 Å². The van der Waals surface area contributed by atoms with E-state index in [1.165, 1.54) is 6.07 Å². The second-order valence-electron chi connectivity index (χ2n) is 4.16. The monoisotopic (exact) mass is 335 g/mol. The van der Waals surface area contributed by atoms with Crippen molar-refractivity contribution in [3.63, 3.8) is 0 Å². The molecule has 104 valence electrons. The fraction of sp³-hybridized carbons (Fsp3) is 0.133. The minimum absolute atomic E-state index is 0.220. The lowest BCUT2D eigenvalue weighted by atomic mass is 10.1. The Labute approximate surface area is 125 Å². The van der Waals surface area contributed by atoms with Gasteiger partial charge in [0.2, 0.25) is 0 Å². The third kappa shape index (κ3) is 3.30. The Kier molecular flexibility index (Phi) is 4.63. The largest absolute Gasteiger partial charge is 0.497 e. The summed E-state index contributed by atoms with van der Waals surface area (Å²) in [6.45, 7) is 0.523. The second kappa shape index (κ2) is 6.43. The van der Waals surface area contributed by atoms with Crippen molar-refractivity contribution >= 4 is 27.6 Å². The van der Waals surface area contributed by atoms with Gasteiger partial charge in [-0.25, -0.2) is 4.79 Å². The summed E-state index contributed by atoms with van der Waals surface area (Å²) in [7, 11) is 1.55. The third-order valence-corrected chi connectivity index (χ3v) is 3.66. The summed E-state index contributed by atoms with van der Waals surface area (Å²) < 4.78 is 6.10. The van der Waals surface area contributed by atoms with Gasteiger partial charge in [-0.1, -0.05) is 34.1 Å². The molecule has 0 fully saturated rings. The standard InChI is InChI=1S/C15H14BrNO3/c1-20-11-6-7-12(15(18)19)14(8-11)17-9-10-4-2-3-5-13(10)16/h2-8,17H,9H2,1H3,(H,18,19). The molecule has 0 saturated carbocycles. The second-order valence-corrected chi connectivity index (χ2v) is 5.02. The summed E-state index contributed by atoms with van der Waals surface area (Å²) in [6.07, 6.45) is 0. The van der Waals surface area contributed by atoms with Gasteiger partial charge in [-0.3, -0.25) is 0 Å². The van der Waals surface area contributed by atoms with Crippen molar-refractivity contribution in [3.05, 3.63) is 58.1 Å². The molecule has 0 saturated heterocycles. The summed E-state index contributed by atoms with van der Waals surface area (Å²) in [4.78, 5) is 11.2. The van der Waals surface area contributed by atoms with Gasteiger partial charge in [0.05, 0.1) is 18.4 Å². The molecule has 2 aromatic carbocycles. The van der Waals surface area contributed by atoms with Crippen molar-refractivity contribution < 1.29 is 14.6 Å². The van der Waals surface area contributed by atoms with Gasteiger partial charge in [0.25, 0.3) is 0 Å². The van der Waals surface area contributed by atoms with Crippen molar-refractivity contribution in [2.45, 2.75) is 6.54 Å². The molecule has 0 aliphatic rings. The molecule has 0 aromatic heterocycles. The molecule has 0 aliphatic heterocycles. The average Bonchev–Trinajstić information content (AvgIpc) is 2.46. The Morgan fingerprint density at radius 3 is 2.70 bits per heavy atom. The minimum atomic E-state index is -0.970. The Morgan fingerprint density at radius 2 is 2.05 bits per heavy atom. The first-order valence-electron chi connectivity index (χ1n) is 6.00. The SMILES string of the molecule is COc1ccc(C(=O)O)c(NCc2ccccc2Br)c1. The zero-order chi connectivity index (χ0) is 14.5. The first kappa shape index (κ1) is 14.4. The summed E-state index contributed by atoms with van der Waals surface area (Å²) >= 11 is 3.46. The van der Waals surface area contributed by atoms with E-state index in [1.54, 1.807) is 19.2 Å². The number of anilines is 1. The van der Waals surface area contributed by atoms with Crippen LogP contribution in [0.2, 0.25) is 0 Å². The topological polar surface area (TPSA) is 58.6 Å². The van der Waals surface area contributed by atoms with Gasteiger partial charge in [0.15, 0.2) is 0 Å². The van der Waals surface area contributed by atoms with Crippen LogP contribution < -0.4 is 10.1 Å². The Morgan fingerprint density at radius 1 is 1.30 bits per heavy atom. The number of nitrogens with one attached hydrogen (secondary N) is 1. The van der Waals surface area contributed by atoms with Crippen molar-refractivity contribution in [1.82, 2.24) is 0 Å². The third-order valence-electron chi connectivity index (χ3n) is 2.88. The fourth-order valence-corrected chi connectivity index (χ4v) is 2.24. The molecule has 0 heterocycles. The first-order chi connectivity index (χ1) is 9.61. The van der Waals surface area contributed by atoms with Crippen LogP contribution >= 0.6 is 15.9 Å². The van der Waals surface area contributed by atoms with Crippen LogP contribution in [0.1, 0.15) is 15.9 Å². The van der Waals surface area contributed by atoms with Gasteiger partial charge < -0.3 is 15.2 Å². The van der Waals surface area contributed by atoms with E-state index in [-0.39, 0.29) is 5.56 Å². The molecule has 2 rings (SSSR count). The molecule has 0 bridgehead atoms. The number of carboxylic acid groups (broad SMARTS) is 1. The van der Waals surface area contributed by atoms with Gasteiger partial charge in [-0.15, -0.1) is 0 Å². The molecule has 4 nitrogen and oxygen atoms in total. The Hall–Kier alpha value is -2.01. The van der Waals surface area contributed by atoms with E-state index in [9.17, 15) is 9.90 Å². The van der Waals surface area contributed by atoms with E-state index in [0.29, 0.717) is 18.0 Å². The highest BCUT2D eigenvalue weighted by Crippen LogP contribution is 2.24. The molecule has 0 atom stereocenters. The molecule has 0 unspecified atom stereocenters. The highest BCUT2D eigenvalue weighted by molar-refractivity contribution is 9.10. The maximum Gasteiger partial charge on any atom is 0.337 e. The smallest absolute Gasteiger partial charge is 0.337 e. The molecule has 0 radical (unpaired) electrons. The van der Waals surface area contributed by atoms with E-state index in [0.717, 1.165) is 10.0 Å². The van der Waals surface area contributed by atoms with Crippen LogP contribution in [-0.2, 0) is 6.54 Å². The van der Waals surface area contributed by atoms with E-state index in [2.05, 4.69) is 21.2 Å². The molecule has 5 heteroatoms. The number of hydrogen-bond acceptors (Lipinski definition) is 3. The van der Waals surface area contributed by atoms with Gasteiger partial charge in [0.1, 0.15) is 5.75 Å². The number of halogens is 1. The zero-order valence-corrected chi connectivity index (χ0v) is 12.5. The quantitative estimate of drug-likeness (QED) is 0.873. The van der Waals surface area contributed by atoms with Crippen molar-refractivity contribution in [2.75, 3.05) is 12.4 Å². The maximum absolute atomic E-state index is 11.2. The highest BCUT2D eigenvalue weighted by atomic mass is 79.9. The van der Waals surface area contributed by atoms with Crippen molar-refractivity contribution in [2.24, 2.45) is 0 Å². The number of carbonyl (C=O) groups is 1. The molecular formula is C15H14BrNO3. The van der Waals surface area contributed by atoms with Crippen LogP contribution in [0.15, 0.2) is 46.9 Å². The fourth-order valence-electron chi connectivity index (χ4n) is 1.82. The van der Waals surface area contributed by atoms with Crippen LogP contribution in [-0.4, -0.2) is 18.2 Å². The number of ether oxygens (including phenoxy) is 1. The predicted molar refractivity (Wildman–Crippen MR) is 81.4 cm³/mol. The summed E-state index contributed by atoms with van der Waals surface area (Å²) in [5.74, 6) is -0.355. The van der Waals surface area contributed by atoms with Crippen LogP contribution in [0.25, 0.3) is 0 Å². The number of carboxylic acids is 1. The number of benzene rings is 2. The lowest BCUT2D eigenvalue weighted by molar-refractivity contribution is 0.0698. The average molecular weight is 336 g/mol. The van der Waals surface area contributed by atoms with Gasteiger partial charge in [-0.2, -0.15) is 0 Å². The predicted octanol–water partition coefficient (Wildman–Crippen LogP) is 3.77. The molecule has 0 spiro atoms. The van der Waals surface area contributed by atoms with Crippen LogP contribution in [0, 0.1) is 0 Å².